The first-order chi connectivity index (χ1) is 14.5. The molecule has 2 aromatic carbocycles. The summed E-state index contributed by atoms with van der Waals surface area (Å²) >= 11 is 0. The van der Waals surface area contributed by atoms with Crippen LogP contribution in [0, 0.1) is 5.92 Å². The predicted octanol–water partition coefficient (Wildman–Crippen LogP) is 3.52. The molecule has 1 fully saturated rings. The lowest BCUT2D eigenvalue weighted by Gasteiger charge is -2.31. The number of nitrogens with zero attached hydrogens (tertiary/aromatic N) is 1. The van der Waals surface area contributed by atoms with Gasteiger partial charge in [-0.1, -0.05) is 18.2 Å². The van der Waals surface area contributed by atoms with Gasteiger partial charge < -0.3 is 14.8 Å². The zero-order chi connectivity index (χ0) is 21.6. The molecule has 162 valence electrons. The molecule has 8 heteroatoms. The lowest BCUT2D eigenvalue weighted by molar-refractivity contribution is -0.120. The third kappa shape index (κ3) is 5.12. The van der Waals surface area contributed by atoms with Crippen molar-refractivity contribution in [2.24, 2.45) is 5.92 Å². The molecule has 0 aromatic heterocycles. The number of hydrogen-bond acceptors (Lipinski definition) is 5. The SMILES string of the molecule is CCOc1ccc(OCC)c(NC(=O)C2CCCN(S(=O)(=O)c3ccccc3)C2)c1. The predicted molar refractivity (Wildman–Crippen MR) is 115 cm³/mol. The van der Waals surface area contributed by atoms with Crippen molar-refractivity contribution in [1.82, 2.24) is 4.31 Å². The smallest absolute Gasteiger partial charge is 0.243 e. The maximum Gasteiger partial charge on any atom is 0.243 e. The van der Waals surface area contributed by atoms with Gasteiger partial charge in [0.05, 0.1) is 29.7 Å². The number of piperidine rings is 1. The highest BCUT2D eigenvalue weighted by atomic mass is 32.2. The van der Waals surface area contributed by atoms with Crippen molar-refractivity contribution in [2.45, 2.75) is 31.6 Å². The highest BCUT2D eigenvalue weighted by molar-refractivity contribution is 7.89. The van der Waals surface area contributed by atoms with Crippen molar-refractivity contribution >= 4 is 21.6 Å². The van der Waals surface area contributed by atoms with Crippen LogP contribution in [0.4, 0.5) is 5.69 Å². The zero-order valence-corrected chi connectivity index (χ0v) is 18.2. The van der Waals surface area contributed by atoms with E-state index in [0.29, 0.717) is 49.8 Å². The lowest BCUT2D eigenvalue weighted by atomic mass is 9.98. The maximum atomic E-state index is 13.0. The van der Waals surface area contributed by atoms with Crippen LogP contribution in [0.5, 0.6) is 11.5 Å². The van der Waals surface area contributed by atoms with Crippen molar-refractivity contribution in [1.29, 1.82) is 0 Å². The molecule has 1 unspecified atom stereocenters. The standard InChI is InChI=1S/C22H28N2O5S/c1-3-28-18-12-13-21(29-4-2)20(15-18)23-22(25)17-9-8-14-24(16-17)30(26,27)19-10-6-5-7-11-19/h5-7,10-13,15,17H,3-4,8-9,14,16H2,1-2H3,(H,23,25). The number of carbonyl (C=O) groups excluding carboxylic acids is 1. The largest absolute Gasteiger partial charge is 0.494 e. The second-order valence-electron chi connectivity index (χ2n) is 7.03. The Balaban J connectivity index is 1.75. The topological polar surface area (TPSA) is 84.9 Å². The summed E-state index contributed by atoms with van der Waals surface area (Å²) in [7, 11) is -3.62. The van der Waals surface area contributed by atoms with E-state index in [2.05, 4.69) is 5.32 Å². The number of sulfonamides is 1. The second-order valence-corrected chi connectivity index (χ2v) is 8.97. The first-order valence-electron chi connectivity index (χ1n) is 10.2. The molecule has 1 saturated heterocycles. The van der Waals surface area contributed by atoms with Crippen molar-refractivity contribution in [3.05, 3.63) is 48.5 Å². The highest BCUT2D eigenvalue weighted by Crippen LogP contribution is 2.31. The van der Waals surface area contributed by atoms with Gasteiger partial charge in [-0.25, -0.2) is 8.42 Å². The number of ether oxygens (including phenoxy) is 2. The molecule has 1 aliphatic rings. The molecule has 0 radical (unpaired) electrons. The molecule has 30 heavy (non-hydrogen) atoms. The Bertz CT molecular complexity index is 963. The molecule has 1 atom stereocenters. The van der Waals surface area contributed by atoms with Gasteiger partial charge in [-0.05, 0) is 51.0 Å². The van der Waals surface area contributed by atoms with Crippen molar-refractivity contribution < 1.29 is 22.7 Å². The number of amides is 1. The van der Waals surface area contributed by atoms with E-state index < -0.39 is 15.9 Å². The summed E-state index contributed by atoms with van der Waals surface area (Å²) in [4.78, 5) is 13.2. The molecule has 1 N–H and O–H groups in total. The minimum Gasteiger partial charge on any atom is -0.494 e. The van der Waals surface area contributed by atoms with Crippen LogP contribution in [0.15, 0.2) is 53.4 Å². The Morgan fingerprint density at radius 1 is 1.10 bits per heavy atom. The molecule has 3 rings (SSSR count). The van der Waals surface area contributed by atoms with E-state index in [1.54, 1.807) is 48.5 Å². The highest BCUT2D eigenvalue weighted by Gasteiger charge is 2.33. The fourth-order valence-electron chi connectivity index (χ4n) is 3.50. The van der Waals surface area contributed by atoms with Gasteiger partial charge >= 0.3 is 0 Å². The minimum atomic E-state index is -3.62. The van der Waals surface area contributed by atoms with Gasteiger partial charge in [-0.3, -0.25) is 4.79 Å². The molecule has 0 saturated carbocycles. The van der Waals surface area contributed by atoms with Crippen LogP contribution in [-0.2, 0) is 14.8 Å². The van der Waals surface area contributed by atoms with Crippen LogP contribution in [0.3, 0.4) is 0 Å². The van der Waals surface area contributed by atoms with E-state index in [4.69, 9.17) is 9.47 Å². The molecule has 1 amide bonds. The summed E-state index contributed by atoms with van der Waals surface area (Å²) in [5, 5.41) is 2.91. The van der Waals surface area contributed by atoms with E-state index in [-0.39, 0.29) is 17.3 Å². The molecular formula is C22H28N2O5S. The van der Waals surface area contributed by atoms with Gasteiger partial charge in [0.1, 0.15) is 11.5 Å². The van der Waals surface area contributed by atoms with Crippen LogP contribution in [-0.4, -0.2) is 44.9 Å². The van der Waals surface area contributed by atoms with Gasteiger partial charge in [-0.15, -0.1) is 0 Å². The van der Waals surface area contributed by atoms with Gasteiger partial charge in [0, 0.05) is 19.2 Å². The Morgan fingerprint density at radius 3 is 2.53 bits per heavy atom. The second kappa shape index (κ2) is 9.95. The van der Waals surface area contributed by atoms with Gasteiger partial charge in [-0.2, -0.15) is 4.31 Å². The number of anilines is 1. The quantitative estimate of drug-likeness (QED) is 0.690. The summed E-state index contributed by atoms with van der Waals surface area (Å²) in [6.45, 7) is 5.29. The maximum absolute atomic E-state index is 13.0. The normalized spacial score (nSPS) is 17.3. The molecule has 0 aliphatic carbocycles. The monoisotopic (exact) mass is 432 g/mol. The van der Waals surface area contributed by atoms with Crippen LogP contribution in [0.1, 0.15) is 26.7 Å². The minimum absolute atomic E-state index is 0.151. The number of rotatable bonds is 8. The molecule has 7 nitrogen and oxygen atoms in total. The summed E-state index contributed by atoms with van der Waals surface area (Å²) in [5.41, 5.74) is 0.524. The van der Waals surface area contributed by atoms with E-state index in [9.17, 15) is 13.2 Å². The number of nitrogens with one attached hydrogen (secondary N) is 1. The van der Waals surface area contributed by atoms with Crippen LogP contribution < -0.4 is 14.8 Å². The first kappa shape index (κ1) is 22.1. The van der Waals surface area contributed by atoms with E-state index in [1.807, 2.05) is 13.8 Å². The molecule has 1 heterocycles. The van der Waals surface area contributed by atoms with Crippen molar-refractivity contribution in [3.63, 3.8) is 0 Å². The molecule has 0 bridgehead atoms. The fourth-order valence-corrected chi connectivity index (χ4v) is 5.04. The molecular weight excluding hydrogens is 404 g/mol. The Labute approximate surface area is 178 Å². The Kier molecular flexibility index (Phi) is 7.33. The van der Waals surface area contributed by atoms with Crippen LogP contribution in [0.25, 0.3) is 0 Å². The van der Waals surface area contributed by atoms with Gasteiger partial charge in [0.2, 0.25) is 15.9 Å². The average molecular weight is 433 g/mol. The van der Waals surface area contributed by atoms with E-state index in [0.717, 1.165) is 0 Å². The molecule has 1 aliphatic heterocycles. The fraction of sp³-hybridized carbons (Fsp3) is 0.409. The summed E-state index contributed by atoms with van der Waals surface area (Å²) in [6, 6.07) is 13.6. The average Bonchev–Trinajstić information content (AvgIpc) is 2.76. The molecule has 2 aromatic rings. The summed E-state index contributed by atoms with van der Waals surface area (Å²) in [5.74, 6) is 0.520. The third-order valence-electron chi connectivity index (χ3n) is 4.96. The van der Waals surface area contributed by atoms with Crippen LogP contribution in [0.2, 0.25) is 0 Å². The van der Waals surface area contributed by atoms with Crippen molar-refractivity contribution in [3.8, 4) is 11.5 Å². The number of benzene rings is 2. The Hall–Kier alpha value is -2.58. The third-order valence-corrected chi connectivity index (χ3v) is 6.84. The van der Waals surface area contributed by atoms with E-state index in [1.165, 1.54) is 4.31 Å². The first-order valence-corrected chi connectivity index (χ1v) is 11.7. The molecule has 0 spiro atoms. The zero-order valence-electron chi connectivity index (χ0n) is 17.3. The summed E-state index contributed by atoms with van der Waals surface area (Å²) in [6.07, 6.45) is 1.25. The summed E-state index contributed by atoms with van der Waals surface area (Å²) < 4.78 is 38.4. The lowest BCUT2D eigenvalue weighted by Crippen LogP contribution is -2.43. The number of carbonyl (C=O) groups is 1. The number of hydrogen-bond donors (Lipinski definition) is 1. The van der Waals surface area contributed by atoms with Crippen molar-refractivity contribution in [2.75, 3.05) is 31.6 Å². The van der Waals surface area contributed by atoms with Gasteiger partial charge in [0.15, 0.2) is 0 Å². The van der Waals surface area contributed by atoms with E-state index >= 15 is 0 Å². The van der Waals surface area contributed by atoms with Gasteiger partial charge in [0.25, 0.3) is 0 Å². The van der Waals surface area contributed by atoms with Crippen LogP contribution >= 0.6 is 0 Å². The Morgan fingerprint density at radius 2 is 1.83 bits per heavy atom.